The summed E-state index contributed by atoms with van der Waals surface area (Å²) in [7, 11) is 0. The number of anilines is 2. The molecule has 0 aliphatic heterocycles. The van der Waals surface area contributed by atoms with Gasteiger partial charge in [0.05, 0.1) is 18.0 Å². The highest BCUT2D eigenvalue weighted by atomic mass is 16.1. The molecule has 0 saturated heterocycles. The van der Waals surface area contributed by atoms with E-state index in [1.54, 1.807) is 47.4 Å². The molecule has 1 unspecified atom stereocenters. The maximum atomic E-state index is 12.3. The Morgan fingerprint density at radius 3 is 2.67 bits per heavy atom. The quantitative estimate of drug-likeness (QED) is 0.557. The van der Waals surface area contributed by atoms with Crippen LogP contribution in [-0.4, -0.2) is 24.4 Å². The second-order valence-electron chi connectivity index (χ2n) is 5.87. The monoisotopic (exact) mass is 357 g/mol. The molecule has 8 nitrogen and oxygen atoms in total. The summed E-state index contributed by atoms with van der Waals surface area (Å²) >= 11 is 0. The lowest BCUT2D eigenvalue weighted by Crippen LogP contribution is -2.28. The van der Waals surface area contributed by atoms with E-state index in [2.05, 4.69) is 21.1 Å². The topological polar surface area (TPSA) is 92.6 Å². The molecule has 8 heteroatoms. The number of para-hydroxylation sites is 1. The first kappa shape index (κ1) is 16.5. The highest BCUT2D eigenvalue weighted by Crippen LogP contribution is 2.24. The highest BCUT2D eigenvalue weighted by molar-refractivity contribution is 5.76. The van der Waals surface area contributed by atoms with E-state index in [1.807, 2.05) is 30.3 Å². The fourth-order valence-electron chi connectivity index (χ4n) is 2.84. The van der Waals surface area contributed by atoms with E-state index in [1.165, 1.54) is 10.6 Å². The molecule has 27 heavy (non-hydrogen) atoms. The maximum absolute atomic E-state index is 12.3. The number of hydrogen-bond acceptors (Lipinski definition) is 6. The third kappa shape index (κ3) is 2.91. The lowest BCUT2D eigenvalue weighted by Gasteiger charge is -2.22. The molecular weight excluding hydrogens is 342 g/mol. The van der Waals surface area contributed by atoms with Crippen molar-refractivity contribution in [2.75, 3.05) is 5.01 Å². The first-order valence-electron chi connectivity index (χ1n) is 8.32. The predicted molar refractivity (Wildman–Crippen MR) is 100 cm³/mol. The van der Waals surface area contributed by atoms with Crippen molar-refractivity contribution in [1.82, 2.24) is 24.4 Å². The fraction of sp³-hybridized carbons (Fsp3) is 0.105. The van der Waals surface area contributed by atoms with Crippen molar-refractivity contribution in [3.05, 3.63) is 77.5 Å². The number of nitrogens with zero attached hydrogens (tertiary/aromatic N) is 7. The van der Waals surface area contributed by atoms with Gasteiger partial charge >= 0.3 is 0 Å². The Balaban J connectivity index is 1.97. The van der Waals surface area contributed by atoms with Gasteiger partial charge in [0.2, 0.25) is 0 Å². The predicted octanol–water partition coefficient (Wildman–Crippen LogP) is 2.67. The summed E-state index contributed by atoms with van der Waals surface area (Å²) in [6.45, 7) is 1.66. The summed E-state index contributed by atoms with van der Waals surface area (Å²) in [6, 6.07) is 15.8. The van der Waals surface area contributed by atoms with E-state index < -0.39 is 6.04 Å². The standard InChI is InChI=1S/C19H15N7O/c1-14(12-20)25-17(27)9-8-15-13-21-19(23-18(15)25)26(24-11-5-10-22-24)16-6-3-2-4-7-16/h2-11,13-14H,1H3. The van der Waals surface area contributed by atoms with Crippen molar-refractivity contribution in [2.45, 2.75) is 13.0 Å². The zero-order valence-corrected chi connectivity index (χ0v) is 14.5. The van der Waals surface area contributed by atoms with Gasteiger partial charge < -0.3 is 0 Å². The van der Waals surface area contributed by atoms with Crippen LogP contribution >= 0.6 is 0 Å². The van der Waals surface area contributed by atoms with Crippen molar-refractivity contribution in [3.8, 4) is 6.07 Å². The molecule has 1 aromatic carbocycles. The molecule has 4 aromatic rings. The first-order valence-corrected chi connectivity index (χ1v) is 8.32. The summed E-state index contributed by atoms with van der Waals surface area (Å²) in [5, 5.41) is 16.0. The minimum atomic E-state index is -0.654. The Kier molecular flexibility index (Phi) is 4.10. The van der Waals surface area contributed by atoms with Gasteiger partial charge in [0.1, 0.15) is 11.7 Å². The van der Waals surface area contributed by atoms with Gasteiger partial charge in [0.25, 0.3) is 11.5 Å². The van der Waals surface area contributed by atoms with Gasteiger partial charge in [-0.05, 0) is 31.2 Å². The van der Waals surface area contributed by atoms with Gasteiger partial charge in [0.15, 0.2) is 0 Å². The number of hydrogen-bond donors (Lipinski definition) is 0. The molecule has 3 heterocycles. The van der Waals surface area contributed by atoms with Crippen molar-refractivity contribution in [3.63, 3.8) is 0 Å². The van der Waals surface area contributed by atoms with Gasteiger partial charge in [-0.25, -0.2) is 4.98 Å². The largest absolute Gasteiger partial charge is 0.276 e. The van der Waals surface area contributed by atoms with Crippen LogP contribution in [-0.2, 0) is 0 Å². The van der Waals surface area contributed by atoms with Crippen LogP contribution < -0.4 is 10.6 Å². The molecule has 0 aliphatic rings. The Hall–Kier alpha value is -3.99. The fourth-order valence-corrected chi connectivity index (χ4v) is 2.84. The van der Waals surface area contributed by atoms with Crippen LogP contribution in [0.3, 0.4) is 0 Å². The SMILES string of the molecule is CC(C#N)n1c(=O)ccc2cnc(N(c3ccccc3)n3cccn3)nc21. The van der Waals surface area contributed by atoms with E-state index in [4.69, 9.17) is 0 Å². The van der Waals surface area contributed by atoms with Crippen LogP contribution in [0.4, 0.5) is 11.6 Å². The normalized spacial score (nSPS) is 11.9. The number of nitriles is 1. The van der Waals surface area contributed by atoms with E-state index in [0.717, 1.165) is 5.69 Å². The third-order valence-corrected chi connectivity index (χ3v) is 4.11. The van der Waals surface area contributed by atoms with Crippen LogP contribution in [0, 0.1) is 11.3 Å². The second-order valence-corrected chi connectivity index (χ2v) is 5.87. The molecule has 0 radical (unpaired) electrons. The highest BCUT2D eigenvalue weighted by Gasteiger charge is 2.18. The minimum absolute atomic E-state index is 0.286. The summed E-state index contributed by atoms with van der Waals surface area (Å²) in [5.41, 5.74) is 0.917. The smallest absolute Gasteiger partial charge is 0.253 e. The molecule has 132 valence electrons. The number of rotatable bonds is 4. The van der Waals surface area contributed by atoms with Gasteiger partial charge in [-0.15, -0.1) is 0 Å². The van der Waals surface area contributed by atoms with Crippen LogP contribution in [0.2, 0.25) is 0 Å². The van der Waals surface area contributed by atoms with Crippen LogP contribution in [0.5, 0.6) is 0 Å². The van der Waals surface area contributed by atoms with E-state index in [-0.39, 0.29) is 5.56 Å². The number of pyridine rings is 1. The zero-order chi connectivity index (χ0) is 18.8. The third-order valence-electron chi connectivity index (χ3n) is 4.11. The molecule has 0 spiro atoms. The molecule has 3 aromatic heterocycles. The number of fused-ring (bicyclic) bond motifs is 1. The average Bonchev–Trinajstić information content (AvgIpc) is 3.22. The van der Waals surface area contributed by atoms with Crippen LogP contribution in [0.1, 0.15) is 13.0 Å². The summed E-state index contributed by atoms with van der Waals surface area (Å²) < 4.78 is 1.37. The van der Waals surface area contributed by atoms with Gasteiger partial charge in [-0.3, -0.25) is 9.36 Å². The molecule has 0 amide bonds. The Labute approximate surface area is 154 Å². The van der Waals surface area contributed by atoms with Gasteiger partial charge in [0, 0.05) is 23.8 Å². The van der Waals surface area contributed by atoms with Gasteiger partial charge in [-0.1, -0.05) is 18.2 Å². The molecule has 4 rings (SSSR count). The summed E-state index contributed by atoms with van der Waals surface area (Å²) in [6.07, 6.45) is 5.07. The first-order chi connectivity index (χ1) is 13.2. The number of benzene rings is 1. The lowest BCUT2D eigenvalue weighted by molar-refractivity contribution is 0.656. The summed E-state index contributed by atoms with van der Waals surface area (Å²) in [5.74, 6) is 0.335. The Morgan fingerprint density at radius 1 is 1.15 bits per heavy atom. The van der Waals surface area contributed by atoms with Crippen molar-refractivity contribution < 1.29 is 0 Å². The van der Waals surface area contributed by atoms with Crippen LogP contribution in [0.25, 0.3) is 11.0 Å². The number of aromatic nitrogens is 5. The molecular formula is C19H15N7O. The Bertz CT molecular complexity index is 1180. The van der Waals surface area contributed by atoms with E-state index in [9.17, 15) is 10.1 Å². The van der Waals surface area contributed by atoms with E-state index in [0.29, 0.717) is 17.0 Å². The maximum Gasteiger partial charge on any atom is 0.253 e. The lowest BCUT2D eigenvalue weighted by atomic mass is 10.3. The van der Waals surface area contributed by atoms with E-state index >= 15 is 0 Å². The zero-order valence-electron chi connectivity index (χ0n) is 14.5. The molecule has 1 atom stereocenters. The molecule has 0 bridgehead atoms. The molecule has 0 fully saturated rings. The second kappa shape index (κ2) is 6.72. The van der Waals surface area contributed by atoms with Crippen molar-refractivity contribution >= 4 is 22.7 Å². The minimum Gasteiger partial charge on any atom is -0.276 e. The summed E-state index contributed by atoms with van der Waals surface area (Å²) in [4.78, 5) is 23.0. The molecule has 0 N–H and O–H groups in total. The molecule has 0 saturated carbocycles. The molecule has 0 aliphatic carbocycles. The van der Waals surface area contributed by atoms with Crippen LogP contribution in [0.15, 0.2) is 71.9 Å². The average molecular weight is 357 g/mol. The van der Waals surface area contributed by atoms with Gasteiger partial charge in [-0.2, -0.15) is 25.1 Å². The van der Waals surface area contributed by atoms with Crippen molar-refractivity contribution in [1.29, 1.82) is 5.26 Å². The Morgan fingerprint density at radius 2 is 1.96 bits per heavy atom. The van der Waals surface area contributed by atoms with Crippen molar-refractivity contribution in [2.24, 2.45) is 0 Å².